The molecule has 230 valence electrons. The molecule has 1 aliphatic heterocycles. The maximum absolute atomic E-state index is 13.7. The molecule has 3 aliphatic rings. The van der Waals surface area contributed by atoms with E-state index < -0.39 is 39.3 Å². The first-order valence-corrected chi connectivity index (χ1v) is 17.3. The Morgan fingerprint density at radius 2 is 1.79 bits per heavy atom. The number of ether oxygens (including phenoxy) is 3. The highest BCUT2D eigenvalue weighted by atomic mass is 35.5. The average molecular weight is 666 g/mol. The van der Waals surface area contributed by atoms with Gasteiger partial charge < -0.3 is 14.2 Å². The second kappa shape index (κ2) is 13.8. The van der Waals surface area contributed by atoms with E-state index in [1.807, 2.05) is 0 Å². The average Bonchev–Trinajstić information content (AvgIpc) is 3.65. The Hall–Kier alpha value is -1.86. The zero-order chi connectivity index (χ0) is 29.9. The minimum Gasteiger partial charge on any atom is -0.489 e. The molecular weight excluding hydrogens is 633 g/mol. The molecule has 0 bridgehead atoms. The quantitative estimate of drug-likeness (QED) is 0.233. The van der Waals surface area contributed by atoms with Crippen molar-refractivity contribution in [2.24, 2.45) is 5.92 Å². The fourth-order valence-electron chi connectivity index (χ4n) is 5.22. The van der Waals surface area contributed by atoms with Crippen LogP contribution in [0.1, 0.15) is 62.2 Å². The Labute approximate surface area is 258 Å². The van der Waals surface area contributed by atoms with Crippen LogP contribution in [0.15, 0.2) is 30.6 Å². The van der Waals surface area contributed by atoms with E-state index in [0.29, 0.717) is 42.2 Å². The van der Waals surface area contributed by atoms with Crippen molar-refractivity contribution in [2.75, 3.05) is 18.9 Å². The lowest BCUT2D eigenvalue weighted by atomic mass is 10.0. The van der Waals surface area contributed by atoms with Crippen LogP contribution in [-0.2, 0) is 26.0 Å². The van der Waals surface area contributed by atoms with Crippen molar-refractivity contribution in [1.82, 2.24) is 9.29 Å². The van der Waals surface area contributed by atoms with Crippen LogP contribution in [0, 0.1) is 5.92 Å². The summed E-state index contributed by atoms with van der Waals surface area (Å²) in [6, 6.07) is 4.34. The van der Waals surface area contributed by atoms with Crippen LogP contribution < -0.4 is 9.47 Å². The van der Waals surface area contributed by atoms with Crippen molar-refractivity contribution in [2.45, 2.75) is 74.7 Å². The number of pyridine rings is 1. The van der Waals surface area contributed by atoms with E-state index in [4.69, 9.17) is 32.7 Å². The molecule has 1 saturated heterocycles. The predicted molar refractivity (Wildman–Crippen MR) is 157 cm³/mol. The van der Waals surface area contributed by atoms with Crippen LogP contribution in [0.4, 0.5) is 8.78 Å². The zero-order valence-corrected chi connectivity index (χ0v) is 25.9. The van der Waals surface area contributed by atoms with Gasteiger partial charge in [0.05, 0.1) is 21.9 Å². The molecule has 2 aromatic rings. The van der Waals surface area contributed by atoms with Gasteiger partial charge in [-0.2, -0.15) is 13.1 Å². The Morgan fingerprint density at radius 3 is 2.45 bits per heavy atom. The Morgan fingerprint density at radius 1 is 1.07 bits per heavy atom. The SMILES string of the molecule is O=C(O[C@@H](Cc1c(Cl)cncc1Cl)c1ccc(OC(F)F)c(OCC2CC2)c1)C1SCCN1S(=O)(=O)C1CCCCC1. The summed E-state index contributed by atoms with van der Waals surface area (Å²) >= 11 is 14.0. The van der Waals surface area contributed by atoms with E-state index in [0.717, 1.165) is 32.1 Å². The molecular formula is C28H32Cl2F2N2O6S2. The predicted octanol–water partition coefficient (Wildman–Crippen LogP) is 6.64. The number of alkyl halides is 2. The highest BCUT2D eigenvalue weighted by Gasteiger charge is 2.44. The summed E-state index contributed by atoms with van der Waals surface area (Å²) in [7, 11) is -3.71. The monoisotopic (exact) mass is 664 g/mol. The third-order valence-electron chi connectivity index (χ3n) is 7.68. The summed E-state index contributed by atoms with van der Waals surface area (Å²) < 4.78 is 71.0. The molecule has 0 spiro atoms. The van der Waals surface area contributed by atoms with Crippen LogP contribution in [-0.4, -0.2) is 59.8 Å². The number of hydrogen-bond acceptors (Lipinski definition) is 8. The fourth-order valence-corrected chi connectivity index (χ4v) is 9.40. The van der Waals surface area contributed by atoms with Gasteiger partial charge in [-0.25, -0.2) is 13.2 Å². The van der Waals surface area contributed by atoms with Crippen LogP contribution >= 0.6 is 35.0 Å². The highest BCUT2D eigenvalue weighted by Crippen LogP contribution is 2.39. The van der Waals surface area contributed by atoms with Gasteiger partial charge in [0.1, 0.15) is 6.10 Å². The zero-order valence-electron chi connectivity index (χ0n) is 22.7. The summed E-state index contributed by atoms with van der Waals surface area (Å²) in [4.78, 5) is 17.6. The van der Waals surface area contributed by atoms with Crippen molar-refractivity contribution in [3.63, 3.8) is 0 Å². The van der Waals surface area contributed by atoms with E-state index in [2.05, 4.69) is 9.72 Å². The third-order valence-corrected chi connectivity index (χ3v) is 12.0. The smallest absolute Gasteiger partial charge is 0.387 e. The van der Waals surface area contributed by atoms with Gasteiger partial charge in [0.25, 0.3) is 0 Å². The first-order valence-electron chi connectivity index (χ1n) is 14.0. The number of nitrogens with zero attached hydrogens (tertiary/aromatic N) is 2. The molecule has 2 saturated carbocycles. The van der Waals surface area contributed by atoms with Crippen molar-refractivity contribution in [3.05, 3.63) is 51.8 Å². The highest BCUT2D eigenvalue weighted by molar-refractivity contribution is 8.02. The van der Waals surface area contributed by atoms with Gasteiger partial charge in [-0.15, -0.1) is 11.8 Å². The van der Waals surface area contributed by atoms with Gasteiger partial charge in [-0.05, 0) is 54.9 Å². The molecule has 0 N–H and O–H groups in total. The minimum atomic E-state index is -3.71. The van der Waals surface area contributed by atoms with Gasteiger partial charge in [0, 0.05) is 31.1 Å². The normalized spacial score (nSPS) is 20.9. The summed E-state index contributed by atoms with van der Waals surface area (Å²) in [5.74, 6) is 0.0149. The minimum absolute atomic E-state index is 0.0236. The third kappa shape index (κ3) is 7.61. The molecule has 14 heteroatoms. The summed E-state index contributed by atoms with van der Waals surface area (Å²) in [5, 5.41) is -1.06. The largest absolute Gasteiger partial charge is 0.489 e. The van der Waals surface area contributed by atoms with E-state index in [1.54, 1.807) is 0 Å². The molecule has 1 aromatic heterocycles. The number of sulfonamides is 1. The molecule has 2 aliphatic carbocycles. The molecule has 0 radical (unpaired) electrons. The molecule has 1 aromatic carbocycles. The van der Waals surface area contributed by atoms with Gasteiger partial charge in [0.15, 0.2) is 16.9 Å². The number of aromatic nitrogens is 1. The Balaban J connectivity index is 1.43. The van der Waals surface area contributed by atoms with E-state index >= 15 is 0 Å². The van der Waals surface area contributed by atoms with Gasteiger partial charge in [-0.1, -0.05) is 48.5 Å². The Bertz CT molecular complexity index is 1360. The van der Waals surface area contributed by atoms with Crippen LogP contribution in [0.3, 0.4) is 0 Å². The van der Waals surface area contributed by atoms with Crippen LogP contribution in [0.2, 0.25) is 10.0 Å². The fraction of sp³-hybridized carbons (Fsp3) is 0.571. The molecule has 0 amide bonds. The van der Waals surface area contributed by atoms with E-state index in [9.17, 15) is 22.0 Å². The van der Waals surface area contributed by atoms with E-state index in [1.165, 1.54) is 46.7 Å². The topological polar surface area (TPSA) is 95.0 Å². The second-order valence-electron chi connectivity index (χ2n) is 10.7. The second-order valence-corrected chi connectivity index (χ2v) is 14.9. The lowest BCUT2D eigenvalue weighted by Gasteiger charge is -2.30. The van der Waals surface area contributed by atoms with Gasteiger partial charge in [-0.3, -0.25) is 4.98 Å². The number of benzene rings is 1. The molecule has 8 nitrogen and oxygen atoms in total. The van der Waals surface area contributed by atoms with E-state index in [-0.39, 0.29) is 34.5 Å². The standard InChI is InChI=1S/C28H32Cl2F2N2O6S2/c29-21-14-33-15-22(30)20(21)13-24(18-8-9-23(40-28(31)32)25(12-18)38-16-17-6-7-17)39-27(35)26-34(10-11-41-26)42(36,37)19-4-2-1-3-5-19/h8-9,12,14-15,17,19,24,26,28H,1-7,10-11,13,16H2/t24-,26?/m0/s1. The molecule has 1 unspecified atom stereocenters. The number of thioether (sulfide) groups is 1. The van der Waals surface area contributed by atoms with Crippen molar-refractivity contribution < 1.29 is 36.2 Å². The van der Waals surface area contributed by atoms with Crippen molar-refractivity contribution in [3.8, 4) is 11.5 Å². The number of halogens is 4. The first-order chi connectivity index (χ1) is 20.1. The lowest BCUT2D eigenvalue weighted by Crippen LogP contribution is -2.45. The molecule has 2 atom stereocenters. The number of rotatable bonds is 12. The molecule has 42 heavy (non-hydrogen) atoms. The molecule has 2 heterocycles. The van der Waals surface area contributed by atoms with Crippen LogP contribution in [0.25, 0.3) is 0 Å². The van der Waals surface area contributed by atoms with Crippen molar-refractivity contribution >= 4 is 51.0 Å². The lowest BCUT2D eigenvalue weighted by molar-refractivity contribution is -0.150. The van der Waals surface area contributed by atoms with Crippen LogP contribution in [0.5, 0.6) is 11.5 Å². The van der Waals surface area contributed by atoms with Crippen molar-refractivity contribution in [1.29, 1.82) is 0 Å². The number of carbonyl (C=O) groups is 1. The molecule has 3 fully saturated rings. The summed E-state index contributed by atoms with van der Waals surface area (Å²) in [6.07, 6.45) is 7.65. The van der Waals surface area contributed by atoms with Gasteiger partial charge >= 0.3 is 12.6 Å². The summed E-state index contributed by atoms with van der Waals surface area (Å²) in [5.41, 5.74) is 0.884. The number of carbonyl (C=O) groups excluding carboxylic acids is 1. The maximum Gasteiger partial charge on any atom is 0.387 e. The number of hydrogen-bond donors (Lipinski definition) is 0. The number of esters is 1. The Kier molecular flexibility index (Phi) is 10.4. The summed E-state index contributed by atoms with van der Waals surface area (Å²) in [6.45, 7) is -2.50. The van der Waals surface area contributed by atoms with Gasteiger partial charge in [0.2, 0.25) is 10.0 Å². The molecule has 5 rings (SSSR count). The first kappa shape index (κ1) is 31.6. The maximum atomic E-state index is 13.7.